The molecule has 0 aliphatic heterocycles. The molecule has 24 heavy (non-hydrogen) atoms. The Labute approximate surface area is 146 Å². The molecule has 0 aliphatic rings. The van der Waals surface area contributed by atoms with Crippen molar-refractivity contribution in [3.63, 3.8) is 0 Å². The molecule has 0 aromatic heterocycles. The third-order valence-electron chi connectivity index (χ3n) is 2.42. The van der Waals surface area contributed by atoms with E-state index in [1.165, 1.54) is 0 Å². The van der Waals surface area contributed by atoms with E-state index in [4.69, 9.17) is 40.9 Å². The van der Waals surface area contributed by atoms with Gasteiger partial charge in [-0.2, -0.15) is 0 Å². The average molecular weight is 360 g/mol. The lowest BCUT2D eigenvalue weighted by molar-refractivity contribution is 0.0923. The first kappa shape index (κ1) is 31.4. The smallest absolute Gasteiger partial charge is 0.0768 e. The summed E-state index contributed by atoms with van der Waals surface area (Å²) in [6.45, 7) is 5.76. The highest BCUT2D eigenvalue weighted by Gasteiger charge is 1.92. The fraction of sp³-hybridized carbons (Fsp3) is 1.00. The molecule has 0 spiro atoms. The van der Waals surface area contributed by atoms with Gasteiger partial charge in [0.25, 0.3) is 0 Å². The molecule has 0 aromatic carbocycles. The predicted octanol–water partition coefficient (Wildman–Crippen LogP) is -1.14. The van der Waals surface area contributed by atoms with Gasteiger partial charge in [0, 0.05) is 39.0 Å². The molecule has 0 rings (SSSR count). The third-order valence-corrected chi connectivity index (χ3v) is 2.42. The summed E-state index contributed by atoms with van der Waals surface area (Å²) in [7, 11) is 0. The average Bonchev–Trinajstić information content (AvgIpc) is 2.59. The molecule has 8 nitrogen and oxygen atoms in total. The van der Waals surface area contributed by atoms with Crippen LogP contribution in [0.15, 0.2) is 0 Å². The lowest BCUT2D eigenvalue weighted by atomic mass is 10.2. The monoisotopic (exact) mass is 360 g/mol. The Morgan fingerprint density at radius 1 is 0.667 bits per heavy atom. The van der Waals surface area contributed by atoms with Gasteiger partial charge < -0.3 is 40.9 Å². The van der Waals surface area contributed by atoms with E-state index in [1.54, 1.807) is 13.8 Å². The standard InChI is InChI=1S/4C4H10O2/c1-4(2-5)3-6;1-4(6)2-3-5;1-2-4(6)3-5;5-3-1-2-4-6/h3*4-6H,2-3H2,1H3;5-6H,1-4H2. The van der Waals surface area contributed by atoms with Gasteiger partial charge in [0.05, 0.1) is 18.8 Å². The van der Waals surface area contributed by atoms with E-state index in [2.05, 4.69) is 0 Å². The Morgan fingerprint density at radius 2 is 1.08 bits per heavy atom. The van der Waals surface area contributed by atoms with Crippen molar-refractivity contribution in [1.82, 2.24) is 0 Å². The minimum Gasteiger partial charge on any atom is -0.396 e. The minimum absolute atomic E-state index is 0.0463. The van der Waals surface area contributed by atoms with Gasteiger partial charge in [0.15, 0.2) is 0 Å². The van der Waals surface area contributed by atoms with Crippen LogP contribution in [0.4, 0.5) is 0 Å². The van der Waals surface area contributed by atoms with Gasteiger partial charge in [0.2, 0.25) is 0 Å². The van der Waals surface area contributed by atoms with Crippen LogP contribution < -0.4 is 0 Å². The Balaban J connectivity index is -0.000000111. The van der Waals surface area contributed by atoms with Gasteiger partial charge in [-0.05, 0) is 32.6 Å². The second kappa shape index (κ2) is 30.5. The Bertz CT molecular complexity index is 159. The minimum atomic E-state index is -0.509. The number of hydrogen-bond acceptors (Lipinski definition) is 8. The summed E-state index contributed by atoms with van der Waals surface area (Å²) < 4.78 is 0. The zero-order valence-electron chi connectivity index (χ0n) is 15.4. The van der Waals surface area contributed by atoms with Crippen LogP contribution in [0.2, 0.25) is 0 Å². The quantitative estimate of drug-likeness (QED) is 0.239. The normalized spacial score (nSPS) is 12.0. The molecule has 8 heteroatoms. The maximum atomic E-state index is 8.42. The lowest BCUT2D eigenvalue weighted by Crippen LogP contribution is -2.08. The highest BCUT2D eigenvalue weighted by Crippen LogP contribution is 1.85. The molecule has 0 saturated heterocycles. The Hall–Kier alpha value is -0.320. The third kappa shape index (κ3) is 49.5. The summed E-state index contributed by atoms with van der Waals surface area (Å²) in [6, 6.07) is 0. The second-order valence-corrected chi connectivity index (χ2v) is 5.23. The first-order chi connectivity index (χ1) is 11.3. The molecule has 0 fully saturated rings. The van der Waals surface area contributed by atoms with E-state index >= 15 is 0 Å². The largest absolute Gasteiger partial charge is 0.396 e. The van der Waals surface area contributed by atoms with Crippen molar-refractivity contribution in [2.45, 2.75) is 58.7 Å². The highest BCUT2D eigenvalue weighted by molar-refractivity contribution is 4.44. The van der Waals surface area contributed by atoms with Gasteiger partial charge >= 0.3 is 0 Å². The molecular weight excluding hydrogens is 320 g/mol. The predicted molar refractivity (Wildman–Crippen MR) is 93.5 cm³/mol. The summed E-state index contributed by atoms with van der Waals surface area (Å²) in [5.41, 5.74) is 0. The van der Waals surface area contributed by atoms with Gasteiger partial charge in [-0.3, -0.25) is 0 Å². The van der Waals surface area contributed by atoms with Crippen LogP contribution in [0.1, 0.15) is 46.5 Å². The van der Waals surface area contributed by atoms with E-state index in [0.717, 1.165) is 12.8 Å². The van der Waals surface area contributed by atoms with Gasteiger partial charge in [0.1, 0.15) is 0 Å². The number of aliphatic hydroxyl groups is 8. The van der Waals surface area contributed by atoms with Crippen LogP contribution in [0.5, 0.6) is 0 Å². The van der Waals surface area contributed by atoms with Crippen molar-refractivity contribution >= 4 is 0 Å². The molecule has 0 radical (unpaired) electrons. The molecule has 0 amide bonds. The molecule has 0 aliphatic carbocycles. The molecule has 0 saturated carbocycles. The summed E-state index contributed by atoms with van der Waals surface area (Å²) in [6.07, 6.45) is 1.70. The fourth-order valence-corrected chi connectivity index (χ4v) is 0.597. The fourth-order valence-electron chi connectivity index (χ4n) is 0.597. The molecule has 2 atom stereocenters. The van der Waals surface area contributed by atoms with Crippen LogP contribution in [0.25, 0.3) is 0 Å². The van der Waals surface area contributed by atoms with Gasteiger partial charge in [-0.15, -0.1) is 0 Å². The van der Waals surface area contributed by atoms with Gasteiger partial charge in [-0.25, -0.2) is 0 Å². The topological polar surface area (TPSA) is 162 Å². The lowest BCUT2D eigenvalue weighted by Gasteiger charge is -1.97. The molecule has 2 unspecified atom stereocenters. The van der Waals surface area contributed by atoms with Crippen LogP contribution in [-0.4, -0.2) is 92.7 Å². The maximum absolute atomic E-state index is 8.42. The summed E-state index contributed by atoms with van der Waals surface area (Å²) in [5.74, 6) is 0.0463. The van der Waals surface area contributed by atoms with E-state index in [-0.39, 0.29) is 51.7 Å². The molecule has 152 valence electrons. The van der Waals surface area contributed by atoms with Crippen molar-refractivity contribution < 1.29 is 40.9 Å². The molecule has 0 bridgehead atoms. The van der Waals surface area contributed by atoms with Crippen LogP contribution >= 0.6 is 0 Å². The summed E-state index contributed by atoms with van der Waals surface area (Å²) >= 11 is 0. The molecule has 0 heterocycles. The zero-order chi connectivity index (χ0) is 19.8. The molecule has 8 N–H and O–H groups in total. The molecule has 0 aromatic rings. The molecular formula is C16H40O8. The summed E-state index contributed by atoms with van der Waals surface area (Å²) in [4.78, 5) is 0. The van der Waals surface area contributed by atoms with Crippen molar-refractivity contribution in [2.75, 3.05) is 39.6 Å². The van der Waals surface area contributed by atoms with Crippen LogP contribution in [0, 0.1) is 5.92 Å². The van der Waals surface area contributed by atoms with E-state index in [9.17, 15) is 0 Å². The van der Waals surface area contributed by atoms with Gasteiger partial charge in [-0.1, -0.05) is 13.8 Å². The number of aliphatic hydroxyl groups excluding tert-OH is 8. The highest BCUT2D eigenvalue weighted by atomic mass is 16.3. The summed E-state index contributed by atoms with van der Waals surface area (Å²) in [5, 5.41) is 65.5. The van der Waals surface area contributed by atoms with E-state index in [1.807, 2.05) is 6.92 Å². The first-order valence-corrected chi connectivity index (χ1v) is 8.32. The number of rotatable bonds is 9. The second-order valence-electron chi connectivity index (χ2n) is 5.23. The number of hydrogen-bond donors (Lipinski definition) is 8. The maximum Gasteiger partial charge on any atom is 0.0768 e. The van der Waals surface area contributed by atoms with Crippen molar-refractivity contribution in [2.24, 2.45) is 5.92 Å². The Morgan fingerprint density at radius 3 is 1.12 bits per heavy atom. The van der Waals surface area contributed by atoms with Crippen LogP contribution in [-0.2, 0) is 0 Å². The van der Waals surface area contributed by atoms with Crippen molar-refractivity contribution in [3.8, 4) is 0 Å². The van der Waals surface area contributed by atoms with Crippen molar-refractivity contribution in [3.05, 3.63) is 0 Å². The van der Waals surface area contributed by atoms with E-state index in [0.29, 0.717) is 12.8 Å². The number of unbranched alkanes of at least 4 members (excludes halogenated alkanes) is 1. The first-order valence-electron chi connectivity index (χ1n) is 8.32. The van der Waals surface area contributed by atoms with E-state index < -0.39 is 6.10 Å². The van der Waals surface area contributed by atoms with Crippen molar-refractivity contribution in [1.29, 1.82) is 0 Å². The zero-order valence-corrected chi connectivity index (χ0v) is 15.4. The SMILES string of the molecule is CC(CO)CO.CC(O)CCO.CCC(O)CO.OCCCCO. The van der Waals surface area contributed by atoms with Crippen LogP contribution in [0.3, 0.4) is 0 Å². The Kier molecular flexibility index (Phi) is 40.0.